The molecule has 10 aromatic rings. The second-order valence-corrected chi connectivity index (χ2v) is 28.0. The highest BCUT2D eigenvalue weighted by Gasteiger charge is 2.15. The first kappa shape index (κ1) is 90.5. The van der Waals surface area contributed by atoms with Gasteiger partial charge in [0.25, 0.3) is 0 Å². The van der Waals surface area contributed by atoms with Gasteiger partial charge >= 0.3 is 0 Å². The first-order valence-electron chi connectivity index (χ1n) is 33.8. The maximum absolute atomic E-state index is 12.4. The van der Waals surface area contributed by atoms with Crippen molar-refractivity contribution in [1.82, 2.24) is 0 Å². The van der Waals surface area contributed by atoms with Crippen molar-refractivity contribution >= 4 is 150 Å². The molecule has 0 aromatic heterocycles. The molecule has 0 unspecified atom stereocenters. The van der Waals surface area contributed by atoms with E-state index >= 15 is 0 Å². The molecule has 0 atom stereocenters. The smallest absolute Gasteiger partial charge is 0.147 e. The molecule has 19 heteroatoms. The average Bonchev–Trinajstić information content (AvgIpc) is 1.08. The summed E-state index contributed by atoms with van der Waals surface area (Å²) in [5, 5.41) is 5.15. The SMILES string of the molecule is CCCCCCCCCCc1ccc(N)cc1.Cc1c(N)cccc1Cl.Cc1cc(Cl)ccc1N.Cc1ccc(Cl)c(N)c1.Cc1ccc(Cl)cc1N.Cc1ccc(N)c(Cl)c1.Cc1ccc(N)cc1Cl.Cc1cccc(Cl)c1N.Nc1ccc(C2CCCCC2)cc1.Nc1ccc(Cl)cc1F. The Morgan fingerprint density at radius 3 is 1.30 bits per heavy atom. The predicted octanol–water partition coefficient (Wildman–Crippen LogP) is 25.9. The van der Waals surface area contributed by atoms with Crippen LogP contribution in [0.5, 0.6) is 0 Å². The third-order valence-corrected chi connectivity index (χ3v) is 18.4. The van der Waals surface area contributed by atoms with Crippen LogP contribution in [-0.4, -0.2) is 0 Å². The largest absolute Gasteiger partial charge is 0.399 e. The number of anilines is 10. The summed E-state index contributed by atoms with van der Waals surface area (Å²) >= 11 is 45.2. The first-order valence-corrected chi connectivity index (χ1v) is 36.8. The monoisotopic (exact) mass is 1540 g/mol. The summed E-state index contributed by atoms with van der Waals surface area (Å²) in [6.07, 6.45) is 19.3. The maximum Gasteiger partial charge on any atom is 0.147 e. The number of nitrogens with two attached hydrogens (primary N) is 10. The molecule has 1 fully saturated rings. The van der Waals surface area contributed by atoms with Crippen LogP contribution >= 0.6 is 92.8 Å². The lowest BCUT2D eigenvalue weighted by atomic mass is 9.84. The fourth-order valence-corrected chi connectivity index (χ4v) is 10.8. The van der Waals surface area contributed by atoms with Crippen molar-refractivity contribution < 1.29 is 4.39 Å². The van der Waals surface area contributed by atoms with Crippen LogP contribution in [0.2, 0.25) is 40.2 Å². The van der Waals surface area contributed by atoms with Gasteiger partial charge in [0.1, 0.15) is 5.82 Å². The third-order valence-electron chi connectivity index (χ3n) is 15.8. The van der Waals surface area contributed by atoms with Gasteiger partial charge in [0.05, 0.1) is 37.8 Å². The molecule has 20 N–H and O–H groups in total. The summed E-state index contributed by atoms with van der Waals surface area (Å²) in [4.78, 5) is 0. The van der Waals surface area contributed by atoms with E-state index in [-0.39, 0.29) is 5.69 Å². The number of aryl methyl sites for hydroxylation is 7. The van der Waals surface area contributed by atoms with Crippen LogP contribution in [0.3, 0.4) is 0 Å². The normalized spacial score (nSPS) is 10.9. The summed E-state index contributed by atoms with van der Waals surface area (Å²) in [6, 6.07) is 59.5. The molecule has 0 heterocycles. The molecular formula is C83H105Cl8FN10. The molecule has 0 aliphatic heterocycles. The highest BCUT2D eigenvalue weighted by molar-refractivity contribution is 6.34. The van der Waals surface area contributed by atoms with Crippen molar-refractivity contribution in [3.63, 3.8) is 0 Å². The van der Waals surface area contributed by atoms with Crippen molar-refractivity contribution in [2.45, 2.75) is 151 Å². The molecule has 102 heavy (non-hydrogen) atoms. The van der Waals surface area contributed by atoms with E-state index in [1.54, 1.807) is 48.5 Å². The van der Waals surface area contributed by atoms with Crippen molar-refractivity contribution in [2.75, 3.05) is 57.3 Å². The fourth-order valence-electron chi connectivity index (χ4n) is 9.28. The van der Waals surface area contributed by atoms with Crippen LogP contribution in [0.15, 0.2) is 194 Å². The van der Waals surface area contributed by atoms with E-state index in [0.29, 0.717) is 47.9 Å². The zero-order valence-electron chi connectivity index (χ0n) is 60.1. The maximum atomic E-state index is 12.4. The van der Waals surface area contributed by atoms with Gasteiger partial charge in [0.15, 0.2) is 0 Å². The number of unbranched alkanes of at least 4 members (excludes halogenated alkanes) is 7. The lowest BCUT2D eigenvalue weighted by molar-refractivity contribution is 0.443. The minimum Gasteiger partial charge on any atom is -0.399 e. The van der Waals surface area contributed by atoms with Gasteiger partial charge in [-0.3, -0.25) is 0 Å². The Morgan fingerprint density at radius 2 is 0.833 bits per heavy atom. The first-order chi connectivity index (χ1) is 48.3. The minimum atomic E-state index is -0.470. The molecule has 11 rings (SSSR count). The quantitative estimate of drug-likeness (QED) is 0.0457. The molecular weight excluding hydrogens is 1440 g/mol. The van der Waals surface area contributed by atoms with Crippen molar-refractivity contribution in [1.29, 1.82) is 0 Å². The Hall–Kier alpha value is -7.55. The summed E-state index contributed by atoms with van der Waals surface area (Å²) < 4.78 is 12.4. The van der Waals surface area contributed by atoms with Crippen LogP contribution in [0.4, 0.5) is 61.3 Å². The fraction of sp³-hybridized carbons (Fsp3) is 0.277. The second kappa shape index (κ2) is 50.8. The Labute approximate surface area is 647 Å². The molecule has 10 aromatic carbocycles. The predicted molar refractivity (Wildman–Crippen MR) is 454 cm³/mol. The van der Waals surface area contributed by atoms with E-state index in [2.05, 4.69) is 31.2 Å². The van der Waals surface area contributed by atoms with E-state index < -0.39 is 5.82 Å². The zero-order valence-corrected chi connectivity index (χ0v) is 66.2. The lowest BCUT2D eigenvalue weighted by Gasteiger charge is -2.21. The topological polar surface area (TPSA) is 260 Å². The van der Waals surface area contributed by atoms with Crippen LogP contribution in [-0.2, 0) is 6.42 Å². The summed E-state index contributed by atoms with van der Waals surface area (Å²) in [7, 11) is 0. The van der Waals surface area contributed by atoms with E-state index in [1.807, 2.05) is 158 Å². The molecule has 1 saturated carbocycles. The average molecular weight is 1550 g/mol. The highest BCUT2D eigenvalue weighted by atomic mass is 35.5. The van der Waals surface area contributed by atoms with Crippen molar-refractivity contribution in [3.8, 4) is 0 Å². The van der Waals surface area contributed by atoms with E-state index in [1.165, 1.54) is 113 Å². The molecule has 550 valence electrons. The Balaban J connectivity index is 0.000000388. The number of rotatable bonds is 10. The van der Waals surface area contributed by atoms with Gasteiger partial charge in [-0.1, -0.05) is 231 Å². The summed E-state index contributed by atoms with van der Waals surface area (Å²) in [5.74, 6) is 0.330. The van der Waals surface area contributed by atoms with E-state index in [4.69, 9.17) is 150 Å². The molecule has 0 amide bonds. The summed E-state index contributed by atoms with van der Waals surface area (Å²) in [5.41, 5.74) is 72.2. The number of hydrogen-bond donors (Lipinski definition) is 10. The number of para-hydroxylation sites is 1. The van der Waals surface area contributed by atoms with Gasteiger partial charge in [0, 0.05) is 59.2 Å². The van der Waals surface area contributed by atoms with Crippen LogP contribution < -0.4 is 57.3 Å². The van der Waals surface area contributed by atoms with Gasteiger partial charge in [-0.05, 0) is 258 Å². The third kappa shape index (κ3) is 39.2. The molecule has 0 radical (unpaired) electrons. The number of hydrogen-bond acceptors (Lipinski definition) is 10. The highest BCUT2D eigenvalue weighted by Crippen LogP contribution is 2.33. The molecule has 1 aliphatic rings. The Morgan fingerprint density at radius 1 is 0.333 bits per heavy atom. The van der Waals surface area contributed by atoms with Crippen molar-refractivity contribution in [2.24, 2.45) is 0 Å². The standard InChI is InChI=1S/C16H27N.C12H17N.7C7H8ClN.C6H5ClFN/c1-2-3-4-5-6-7-8-9-10-15-11-13-16(17)14-12-15;13-12-8-6-11(7-9-12)10-4-2-1-3-5-10;1-5-4-6(8)2-3-7(5)9;1-5-2-3-6(9)4-7(5)8;1-5-2-3-6(8)4-7(5)9;1-5-2-3-7(9)6(8)4-5;1-5-2-3-6(8)7(9)4-5;1-5-6(8)3-2-4-7(5)9;1-5-3-2-4-6(8)7(5)9;7-4-1-2-6(9)5(8)3-4/h11-14H,2-10,17H2,1H3;6-10H,1-5,13H2;7*2-4H,9H2,1H3;1-3H,9H2. The molecule has 10 nitrogen and oxygen atoms in total. The van der Waals surface area contributed by atoms with Crippen molar-refractivity contribution in [3.05, 3.63) is 290 Å². The zero-order chi connectivity index (χ0) is 76.3. The van der Waals surface area contributed by atoms with Gasteiger partial charge in [-0.2, -0.15) is 0 Å². The minimum absolute atomic E-state index is 0.124. The number of benzene rings is 10. The van der Waals surface area contributed by atoms with Crippen LogP contribution in [0.1, 0.15) is 146 Å². The van der Waals surface area contributed by atoms with Gasteiger partial charge in [0.2, 0.25) is 0 Å². The summed E-state index contributed by atoms with van der Waals surface area (Å²) in [6.45, 7) is 15.9. The van der Waals surface area contributed by atoms with E-state index in [0.717, 1.165) is 88.4 Å². The Kier molecular flexibility index (Phi) is 45.0. The Bertz CT molecular complexity index is 3550. The second-order valence-electron chi connectivity index (χ2n) is 24.6. The van der Waals surface area contributed by atoms with Crippen LogP contribution in [0, 0.1) is 54.3 Å². The van der Waals surface area contributed by atoms with Gasteiger partial charge in [-0.15, -0.1) is 0 Å². The molecule has 0 spiro atoms. The van der Waals surface area contributed by atoms with Gasteiger partial charge in [-0.25, -0.2) is 4.39 Å². The molecule has 1 aliphatic carbocycles. The molecule has 0 bridgehead atoms. The van der Waals surface area contributed by atoms with E-state index in [9.17, 15) is 4.39 Å². The lowest BCUT2D eigenvalue weighted by Crippen LogP contribution is -2.04. The number of halogens is 9. The van der Waals surface area contributed by atoms with Gasteiger partial charge < -0.3 is 57.3 Å². The number of nitrogen functional groups attached to an aromatic ring is 10. The molecule has 0 saturated heterocycles. The van der Waals surface area contributed by atoms with Crippen LogP contribution in [0.25, 0.3) is 0 Å².